The maximum atomic E-state index is 13.4. The first-order valence-electron chi connectivity index (χ1n) is 12.3. The van der Waals surface area contributed by atoms with Crippen molar-refractivity contribution in [2.75, 3.05) is 11.9 Å². The fourth-order valence-electron chi connectivity index (χ4n) is 5.35. The molecule has 1 aliphatic rings. The fraction of sp³-hybridized carbons (Fsp3) is 0.167. The number of anilines is 1. The number of nitrogens with zero attached hydrogens (tertiary/aromatic N) is 2. The predicted octanol–water partition coefficient (Wildman–Crippen LogP) is 5.37. The number of rotatable bonds is 5. The van der Waals surface area contributed by atoms with Crippen molar-refractivity contribution < 1.29 is 14.4 Å². The topological polar surface area (TPSA) is 83.4 Å². The van der Waals surface area contributed by atoms with Crippen molar-refractivity contribution in [3.8, 4) is 0 Å². The third-order valence-electron chi connectivity index (χ3n) is 7.28. The zero-order chi connectivity index (χ0) is 25.7. The van der Waals surface area contributed by atoms with Gasteiger partial charge in [-0.1, -0.05) is 54.6 Å². The molecule has 1 aromatic heterocycles. The Morgan fingerprint density at radius 1 is 0.865 bits per heavy atom. The summed E-state index contributed by atoms with van der Waals surface area (Å²) in [7, 11) is 0. The van der Waals surface area contributed by atoms with Gasteiger partial charge in [-0.2, -0.15) is 0 Å². The van der Waals surface area contributed by atoms with E-state index in [4.69, 9.17) is 0 Å². The Balaban J connectivity index is 1.24. The molecule has 7 heteroatoms. The summed E-state index contributed by atoms with van der Waals surface area (Å²) in [5.74, 6) is -0.894. The molecule has 2 heterocycles. The minimum atomic E-state index is -1.25. The van der Waals surface area contributed by atoms with Crippen molar-refractivity contribution in [3.05, 3.63) is 90.5 Å². The Kier molecular flexibility index (Phi) is 5.22. The van der Waals surface area contributed by atoms with E-state index in [0.717, 1.165) is 44.0 Å². The Hall–Kier alpha value is -4.65. The average molecular weight is 491 g/mol. The van der Waals surface area contributed by atoms with Crippen LogP contribution in [0.4, 0.5) is 10.5 Å². The number of aryl methyl sites for hydroxylation is 1. The molecule has 0 radical (unpaired) electrons. The molecular weight excluding hydrogens is 464 g/mol. The molecule has 7 nitrogen and oxygen atoms in total. The lowest BCUT2D eigenvalue weighted by Gasteiger charge is -2.22. The molecule has 1 aliphatic heterocycles. The first-order chi connectivity index (χ1) is 17.9. The van der Waals surface area contributed by atoms with Crippen LogP contribution in [0.3, 0.4) is 0 Å². The zero-order valence-electron chi connectivity index (χ0n) is 20.6. The summed E-state index contributed by atoms with van der Waals surface area (Å²) in [6.07, 6.45) is 0. The Morgan fingerprint density at radius 2 is 1.59 bits per heavy atom. The largest absolute Gasteiger partial charge is 0.341 e. The van der Waals surface area contributed by atoms with E-state index in [1.54, 1.807) is 6.92 Å². The molecule has 0 spiro atoms. The third kappa shape index (κ3) is 3.62. The number of amides is 4. The minimum Gasteiger partial charge on any atom is -0.341 e. The van der Waals surface area contributed by atoms with E-state index in [1.165, 1.54) is 0 Å². The van der Waals surface area contributed by atoms with E-state index in [9.17, 15) is 14.4 Å². The van der Waals surface area contributed by atoms with E-state index < -0.39 is 23.4 Å². The molecule has 6 rings (SSSR count). The van der Waals surface area contributed by atoms with Crippen LogP contribution >= 0.6 is 0 Å². The van der Waals surface area contributed by atoms with Crippen LogP contribution in [0, 0.1) is 0 Å². The van der Waals surface area contributed by atoms with Gasteiger partial charge in [0.25, 0.3) is 5.91 Å². The van der Waals surface area contributed by atoms with Crippen LogP contribution in [0.1, 0.15) is 19.4 Å². The zero-order valence-corrected chi connectivity index (χ0v) is 20.6. The molecule has 2 N–H and O–H groups in total. The number of benzene rings is 4. The molecule has 5 aromatic rings. The molecule has 0 aliphatic carbocycles. The van der Waals surface area contributed by atoms with Crippen molar-refractivity contribution in [1.29, 1.82) is 0 Å². The number of hydrogen-bond acceptors (Lipinski definition) is 3. The van der Waals surface area contributed by atoms with Crippen LogP contribution in [-0.4, -0.2) is 33.9 Å². The molecule has 0 saturated carbocycles. The van der Waals surface area contributed by atoms with Crippen LogP contribution in [0.5, 0.6) is 0 Å². The number of aromatic nitrogens is 1. The highest BCUT2D eigenvalue weighted by molar-refractivity contribution is 6.12. The molecule has 4 amide bonds. The lowest BCUT2D eigenvalue weighted by Crippen LogP contribution is -2.42. The van der Waals surface area contributed by atoms with Crippen molar-refractivity contribution in [2.24, 2.45) is 0 Å². The Labute approximate surface area is 213 Å². The lowest BCUT2D eigenvalue weighted by molar-refractivity contribution is -0.133. The standard InChI is InChI=1S/C30H26N4O3/c1-3-33-25-11-7-6-10-23(25)24-17-22(14-15-26(24)33)31-27(35)18-34-28(36)30(2,32-29(34)37)21-13-12-19-8-4-5-9-20(19)16-21/h4-17H,3,18H2,1-2H3,(H,31,35)(H,32,37). The van der Waals surface area contributed by atoms with Crippen molar-refractivity contribution in [1.82, 2.24) is 14.8 Å². The SMILES string of the molecule is CCn1c2ccccc2c2cc(NC(=O)CN3C(=O)NC(C)(c4ccc5ccccc5c4)C3=O)ccc21. The molecule has 4 aromatic carbocycles. The predicted molar refractivity (Wildman–Crippen MR) is 145 cm³/mol. The summed E-state index contributed by atoms with van der Waals surface area (Å²) in [6, 6.07) is 26.8. The molecular formula is C30H26N4O3. The van der Waals surface area contributed by atoms with Gasteiger partial charge in [0.2, 0.25) is 5.91 Å². The number of imide groups is 1. The number of carbonyl (C=O) groups is 3. The normalized spacial score (nSPS) is 17.6. The second-order valence-corrected chi connectivity index (χ2v) is 9.55. The number of carbonyl (C=O) groups excluding carboxylic acids is 3. The summed E-state index contributed by atoms with van der Waals surface area (Å²) < 4.78 is 2.23. The van der Waals surface area contributed by atoms with Gasteiger partial charge in [-0.05, 0) is 60.5 Å². The second-order valence-electron chi connectivity index (χ2n) is 9.55. The van der Waals surface area contributed by atoms with Crippen LogP contribution in [-0.2, 0) is 21.7 Å². The van der Waals surface area contributed by atoms with E-state index in [-0.39, 0.29) is 6.54 Å². The summed E-state index contributed by atoms with van der Waals surface area (Å²) in [5.41, 5.74) is 2.26. The smallest absolute Gasteiger partial charge is 0.325 e. The van der Waals surface area contributed by atoms with E-state index in [2.05, 4.69) is 34.3 Å². The number of fused-ring (bicyclic) bond motifs is 4. The van der Waals surface area contributed by atoms with Crippen LogP contribution in [0.2, 0.25) is 0 Å². The van der Waals surface area contributed by atoms with Crippen molar-refractivity contribution >= 4 is 56.1 Å². The fourth-order valence-corrected chi connectivity index (χ4v) is 5.35. The van der Waals surface area contributed by atoms with Gasteiger partial charge in [0.1, 0.15) is 12.1 Å². The minimum absolute atomic E-state index is 0.372. The molecule has 0 bridgehead atoms. The monoisotopic (exact) mass is 490 g/mol. The molecule has 1 fully saturated rings. The van der Waals surface area contributed by atoms with E-state index in [1.807, 2.05) is 72.8 Å². The Morgan fingerprint density at radius 3 is 2.41 bits per heavy atom. The highest BCUT2D eigenvalue weighted by Crippen LogP contribution is 2.32. The molecule has 184 valence electrons. The quantitative estimate of drug-likeness (QED) is 0.325. The molecule has 1 saturated heterocycles. The summed E-state index contributed by atoms with van der Waals surface area (Å²) >= 11 is 0. The first-order valence-corrected chi connectivity index (χ1v) is 12.3. The van der Waals surface area contributed by atoms with Crippen LogP contribution in [0.15, 0.2) is 84.9 Å². The second kappa shape index (κ2) is 8.48. The summed E-state index contributed by atoms with van der Waals surface area (Å²) in [4.78, 5) is 40.1. The van der Waals surface area contributed by atoms with Gasteiger partial charge in [-0.15, -0.1) is 0 Å². The number of urea groups is 1. The highest BCUT2D eigenvalue weighted by Gasteiger charge is 2.49. The van der Waals surface area contributed by atoms with Crippen molar-refractivity contribution in [3.63, 3.8) is 0 Å². The third-order valence-corrected chi connectivity index (χ3v) is 7.28. The van der Waals surface area contributed by atoms with Gasteiger partial charge in [0.05, 0.1) is 0 Å². The van der Waals surface area contributed by atoms with Gasteiger partial charge in [-0.3, -0.25) is 14.5 Å². The maximum absolute atomic E-state index is 13.4. The van der Waals surface area contributed by atoms with Crippen LogP contribution in [0.25, 0.3) is 32.6 Å². The van der Waals surface area contributed by atoms with Crippen molar-refractivity contribution in [2.45, 2.75) is 25.9 Å². The summed E-state index contributed by atoms with van der Waals surface area (Å²) in [5, 5.41) is 9.81. The van der Waals surface area contributed by atoms with Gasteiger partial charge < -0.3 is 15.2 Å². The highest BCUT2D eigenvalue weighted by atomic mass is 16.2. The molecule has 1 atom stereocenters. The van der Waals surface area contributed by atoms with Gasteiger partial charge in [-0.25, -0.2) is 4.79 Å². The number of hydrogen-bond donors (Lipinski definition) is 2. The first kappa shape index (κ1) is 22.8. The van der Waals surface area contributed by atoms with Gasteiger partial charge in [0.15, 0.2) is 0 Å². The van der Waals surface area contributed by atoms with Crippen LogP contribution < -0.4 is 10.6 Å². The Bertz CT molecular complexity index is 1740. The molecule has 1 unspecified atom stereocenters. The van der Waals surface area contributed by atoms with Gasteiger partial charge >= 0.3 is 6.03 Å². The van der Waals surface area contributed by atoms with Gasteiger partial charge in [0, 0.05) is 34.0 Å². The molecule has 37 heavy (non-hydrogen) atoms. The number of nitrogens with one attached hydrogen (secondary N) is 2. The number of para-hydroxylation sites is 1. The summed E-state index contributed by atoms with van der Waals surface area (Å²) in [6.45, 7) is 4.23. The average Bonchev–Trinajstić information content (AvgIpc) is 3.34. The maximum Gasteiger partial charge on any atom is 0.325 e. The van der Waals surface area contributed by atoms with E-state index in [0.29, 0.717) is 11.3 Å². The lowest BCUT2D eigenvalue weighted by atomic mass is 9.90. The van der Waals surface area contributed by atoms with E-state index >= 15 is 0 Å².